The lowest BCUT2D eigenvalue weighted by Crippen LogP contribution is -2.31. The Labute approximate surface area is 160 Å². The van der Waals surface area contributed by atoms with E-state index in [0.29, 0.717) is 16.5 Å². The highest BCUT2D eigenvalue weighted by molar-refractivity contribution is 7.90. The lowest BCUT2D eigenvalue weighted by Gasteiger charge is -2.11. The Morgan fingerprint density at radius 3 is 2.29 bits per heavy atom. The van der Waals surface area contributed by atoms with Crippen molar-refractivity contribution in [1.82, 2.24) is 4.72 Å². The maximum atomic E-state index is 12.8. The third kappa shape index (κ3) is 4.17. The SMILES string of the molecule is CCS(=O)(=O)NC(=O)c1ccc2c(-c3ccc(C(F)(F)F)cc3)cccc2c1. The summed E-state index contributed by atoms with van der Waals surface area (Å²) in [5.74, 6) is -0.951. The lowest BCUT2D eigenvalue weighted by molar-refractivity contribution is -0.137. The number of alkyl halides is 3. The van der Waals surface area contributed by atoms with Crippen molar-refractivity contribution in [3.05, 3.63) is 71.8 Å². The standard InChI is InChI=1S/C20H16F3NO3S/c1-2-28(26,27)24-19(25)15-8-11-18-14(12-15)4-3-5-17(18)13-6-9-16(10-7-13)20(21,22)23/h3-12H,2H2,1H3,(H,24,25). The molecule has 0 aliphatic carbocycles. The number of halogens is 3. The van der Waals surface area contributed by atoms with Gasteiger partial charge in [0, 0.05) is 5.56 Å². The number of amides is 1. The van der Waals surface area contributed by atoms with Crippen molar-refractivity contribution in [3.8, 4) is 11.1 Å². The molecule has 0 aromatic heterocycles. The molecule has 3 aromatic rings. The first-order valence-corrected chi connectivity index (χ1v) is 10.0. The van der Waals surface area contributed by atoms with Gasteiger partial charge in [0.15, 0.2) is 0 Å². The number of carbonyl (C=O) groups is 1. The maximum absolute atomic E-state index is 12.8. The van der Waals surface area contributed by atoms with Gasteiger partial charge in [0.1, 0.15) is 0 Å². The predicted octanol–water partition coefficient (Wildman–Crippen LogP) is 4.61. The average molecular weight is 407 g/mol. The van der Waals surface area contributed by atoms with Crippen LogP contribution in [0.15, 0.2) is 60.7 Å². The van der Waals surface area contributed by atoms with Gasteiger partial charge in [-0.05, 0) is 53.1 Å². The summed E-state index contributed by atoms with van der Waals surface area (Å²) in [4.78, 5) is 12.2. The van der Waals surface area contributed by atoms with E-state index in [2.05, 4.69) is 0 Å². The van der Waals surface area contributed by atoms with E-state index in [-0.39, 0.29) is 11.3 Å². The molecule has 146 valence electrons. The van der Waals surface area contributed by atoms with E-state index >= 15 is 0 Å². The van der Waals surface area contributed by atoms with Crippen LogP contribution in [0, 0.1) is 0 Å². The molecule has 0 aliphatic rings. The van der Waals surface area contributed by atoms with E-state index in [1.807, 2.05) is 4.72 Å². The minimum Gasteiger partial charge on any atom is -0.268 e. The summed E-state index contributed by atoms with van der Waals surface area (Å²) in [6.07, 6.45) is -4.40. The molecule has 0 unspecified atom stereocenters. The van der Waals surface area contributed by atoms with Gasteiger partial charge in [-0.25, -0.2) is 13.1 Å². The Morgan fingerprint density at radius 2 is 1.68 bits per heavy atom. The smallest absolute Gasteiger partial charge is 0.268 e. The number of rotatable bonds is 4. The Morgan fingerprint density at radius 1 is 1.00 bits per heavy atom. The fraction of sp³-hybridized carbons (Fsp3) is 0.150. The first kappa shape index (κ1) is 19.9. The number of benzene rings is 3. The van der Waals surface area contributed by atoms with Gasteiger partial charge in [-0.3, -0.25) is 4.79 Å². The van der Waals surface area contributed by atoms with E-state index in [1.54, 1.807) is 30.3 Å². The van der Waals surface area contributed by atoms with Gasteiger partial charge < -0.3 is 0 Å². The topological polar surface area (TPSA) is 63.2 Å². The van der Waals surface area contributed by atoms with Gasteiger partial charge in [0.25, 0.3) is 5.91 Å². The summed E-state index contributed by atoms with van der Waals surface area (Å²) in [7, 11) is -3.68. The number of sulfonamides is 1. The second-order valence-electron chi connectivity index (χ2n) is 6.15. The van der Waals surface area contributed by atoms with Crippen LogP contribution >= 0.6 is 0 Å². The third-order valence-electron chi connectivity index (χ3n) is 4.29. The molecule has 0 aliphatic heterocycles. The molecule has 3 aromatic carbocycles. The zero-order valence-electron chi connectivity index (χ0n) is 14.7. The molecule has 4 nitrogen and oxygen atoms in total. The average Bonchev–Trinajstić information content (AvgIpc) is 2.66. The van der Waals surface area contributed by atoms with Gasteiger partial charge in [0.2, 0.25) is 10.0 Å². The molecule has 0 saturated heterocycles. The van der Waals surface area contributed by atoms with Gasteiger partial charge in [0.05, 0.1) is 11.3 Å². The molecule has 28 heavy (non-hydrogen) atoms. The van der Waals surface area contributed by atoms with Gasteiger partial charge in [-0.15, -0.1) is 0 Å². The molecule has 1 N–H and O–H groups in total. The van der Waals surface area contributed by atoms with E-state index < -0.39 is 27.7 Å². The molecule has 8 heteroatoms. The molecule has 0 bridgehead atoms. The monoisotopic (exact) mass is 407 g/mol. The molecule has 0 radical (unpaired) electrons. The van der Waals surface area contributed by atoms with E-state index in [9.17, 15) is 26.4 Å². The van der Waals surface area contributed by atoms with Crippen LogP contribution in [0.25, 0.3) is 21.9 Å². The summed E-state index contributed by atoms with van der Waals surface area (Å²) >= 11 is 0. The summed E-state index contributed by atoms with van der Waals surface area (Å²) in [5, 5.41) is 1.40. The summed E-state index contributed by atoms with van der Waals surface area (Å²) in [6, 6.07) is 14.7. The number of nitrogens with one attached hydrogen (secondary N) is 1. The minimum atomic E-state index is -4.40. The van der Waals surface area contributed by atoms with Crippen molar-refractivity contribution in [2.75, 3.05) is 5.75 Å². The molecule has 3 rings (SSSR count). The highest BCUT2D eigenvalue weighted by atomic mass is 32.2. The Kier molecular flexibility index (Phi) is 5.16. The number of carbonyl (C=O) groups excluding carboxylic acids is 1. The van der Waals surface area contributed by atoms with Gasteiger partial charge in [-0.2, -0.15) is 13.2 Å². The Balaban J connectivity index is 1.99. The second kappa shape index (κ2) is 7.27. The van der Waals surface area contributed by atoms with Crippen LogP contribution in [0.1, 0.15) is 22.8 Å². The normalized spacial score (nSPS) is 12.1. The van der Waals surface area contributed by atoms with Crippen molar-refractivity contribution < 1.29 is 26.4 Å². The van der Waals surface area contributed by atoms with Crippen LogP contribution in [0.5, 0.6) is 0 Å². The van der Waals surface area contributed by atoms with Gasteiger partial charge >= 0.3 is 6.18 Å². The maximum Gasteiger partial charge on any atom is 0.416 e. The number of hydrogen-bond acceptors (Lipinski definition) is 3. The van der Waals surface area contributed by atoms with Crippen LogP contribution in [-0.2, 0) is 16.2 Å². The molecule has 0 fully saturated rings. The Hall–Kier alpha value is -2.87. The highest BCUT2D eigenvalue weighted by Gasteiger charge is 2.30. The zero-order chi connectivity index (χ0) is 20.5. The zero-order valence-corrected chi connectivity index (χ0v) is 15.6. The molecule has 0 heterocycles. The largest absolute Gasteiger partial charge is 0.416 e. The summed E-state index contributed by atoms with van der Waals surface area (Å²) in [6.45, 7) is 1.42. The lowest BCUT2D eigenvalue weighted by atomic mass is 9.96. The van der Waals surface area contributed by atoms with E-state index in [1.165, 1.54) is 25.1 Å². The second-order valence-corrected chi connectivity index (χ2v) is 8.16. The molecular formula is C20H16F3NO3S. The predicted molar refractivity (Wildman–Crippen MR) is 101 cm³/mol. The van der Waals surface area contributed by atoms with Crippen molar-refractivity contribution in [3.63, 3.8) is 0 Å². The Bertz CT molecular complexity index is 1140. The quantitative estimate of drug-likeness (QED) is 0.687. The fourth-order valence-corrected chi connectivity index (χ4v) is 3.33. The number of fused-ring (bicyclic) bond motifs is 1. The van der Waals surface area contributed by atoms with Crippen LogP contribution in [0.4, 0.5) is 13.2 Å². The van der Waals surface area contributed by atoms with Gasteiger partial charge in [-0.1, -0.05) is 36.4 Å². The third-order valence-corrected chi connectivity index (χ3v) is 5.55. The van der Waals surface area contributed by atoms with Crippen LogP contribution in [0.3, 0.4) is 0 Å². The van der Waals surface area contributed by atoms with Crippen molar-refractivity contribution >= 4 is 26.7 Å². The van der Waals surface area contributed by atoms with Crippen molar-refractivity contribution in [1.29, 1.82) is 0 Å². The minimum absolute atomic E-state index is 0.175. The summed E-state index contributed by atoms with van der Waals surface area (Å²) in [5.41, 5.74) is 0.755. The summed E-state index contributed by atoms with van der Waals surface area (Å²) < 4.78 is 63.4. The first-order chi connectivity index (χ1) is 13.1. The fourth-order valence-electron chi connectivity index (χ4n) is 2.79. The van der Waals surface area contributed by atoms with Crippen molar-refractivity contribution in [2.45, 2.75) is 13.1 Å². The van der Waals surface area contributed by atoms with Crippen LogP contribution < -0.4 is 4.72 Å². The van der Waals surface area contributed by atoms with E-state index in [0.717, 1.165) is 17.5 Å². The molecule has 0 saturated carbocycles. The molecule has 1 amide bonds. The number of hydrogen-bond donors (Lipinski definition) is 1. The first-order valence-electron chi connectivity index (χ1n) is 8.36. The molecule has 0 atom stereocenters. The van der Waals surface area contributed by atoms with E-state index in [4.69, 9.17) is 0 Å². The van der Waals surface area contributed by atoms with Crippen LogP contribution in [-0.4, -0.2) is 20.1 Å². The van der Waals surface area contributed by atoms with Crippen molar-refractivity contribution in [2.24, 2.45) is 0 Å². The molecular weight excluding hydrogens is 391 g/mol. The highest BCUT2D eigenvalue weighted by Crippen LogP contribution is 2.33. The van der Waals surface area contributed by atoms with Crippen LogP contribution in [0.2, 0.25) is 0 Å². The molecule has 0 spiro atoms.